The number of nitrogens with zero attached hydrogens (tertiary/aromatic N) is 2. The van der Waals surface area contributed by atoms with Gasteiger partial charge in [-0.05, 0) is 78.3 Å². The highest BCUT2D eigenvalue weighted by Crippen LogP contribution is 2.32. The topological polar surface area (TPSA) is 232 Å². The normalized spacial score (nSPS) is 21.0. The summed E-state index contributed by atoms with van der Waals surface area (Å²) in [6.07, 6.45) is 7.91. The molecule has 19 heteroatoms. The number of hydrogen-bond donors (Lipinski definition) is 6. The maximum absolute atomic E-state index is 13.1. The number of unbranched alkanes of at least 4 members (excludes halogenated alkanes) is 5. The first-order valence-electron chi connectivity index (χ1n) is 22.2. The molecule has 0 aliphatic carbocycles. The van der Waals surface area contributed by atoms with Gasteiger partial charge in [0.05, 0.1) is 29.8 Å². The minimum Gasteiger partial charge on any atom is -0.385 e. The molecule has 3 aromatic carbocycles. The summed E-state index contributed by atoms with van der Waals surface area (Å²) in [5.74, 6) is -2.48. The van der Waals surface area contributed by atoms with Crippen LogP contribution >= 0.6 is 11.8 Å². The Kier molecular flexibility index (Phi) is 15.7. The summed E-state index contributed by atoms with van der Waals surface area (Å²) in [6.45, 7) is 1.34. The first-order chi connectivity index (χ1) is 31.2. The lowest BCUT2D eigenvalue weighted by molar-refractivity contribution is -0.136. The van der Waals surface area contributed by atoms with Crippen LogP contribution in [-0.2, 0) is 40.5 Å². The van der Waals surface area contributed by atoms with Crippen molar-refractivity contribution in [3.63, 3.8) is 0 Å². The number of carbonyl (C=O) groups is 7. The van der Waals surface area contributed by atoms with E-state index in [0.717, 1.165) is 77.7 Å². The van der Waals surface area contributed by atoms with Crippen molar-refractivity contribution in [3.05, 3.63) is 89.0 Å². The van der Waals surface area contributed by atoms with E-state index in [0.29, 0.717) is 38.2 Å². The second-order valence-electron chi connectivity index (χ2n) is 16.9. The van der Waals surface area contributed by atoms with Crippen LogP contribution in [0.2, 0.25) is 0 Å². The molecule has 17 nitrogen and oxygen atoms in total. The van der Waals surface area contributed by atoms with E-state index in [-0.39, 0.29) is 66.3 Å². The highest BCUT2D eigenvalue weighted by molar-refractivity contribution is 8.00. The summed E-state index contributed by atoms with van der Waals surface area (Å²) in [6, 6.07) is 20.3. The summed E-state index contributed by atoms with van der Waals surface area (Å²) in [7, 11) is -3.36. The number of amides is 7. The van der Waals surface area contributed by atoms with Gasteiger partial charge in [0.1, 0.15) is 11.5 Å². The Morgan fingerprint density at radius 2 is 1.55 bits per heavy atom. The maximum atomic E-state index is 13.1. The van der Waals surface area contributed by atoms with Crippen molar-refractivity contribution in [2.75, 3.05) is 43.5 Å². The van der Waals surface area contributed by atoms with Crippen LogP contribution in [0.15, 0.2) is 66.7 Å². The summed E-state index contributed by atoms with van der Waals surface area (Å²) < 4.78 is 24.8. The van der Waals surface area contributed by atoms with Crippen molar-refractivity contribution in [2.24, 2.45) is 5.92 Å². The summed E-state index contributed by atoms with van der Waals surface area (Å²) in [5.41, 5.74) is 5.01. The van der Waals surface area contributed by atoms with Crippen molar-refractivity contribution in [3.8, 4) is 11.1 Å². The van der Waals surface area contributed by atoms with Gasteiger partial charge in [-0.15, -0.1) is 11.8 Å². The van der Waals surface area contributed by atoms with Crippen molar-refractivity contribution in [1.82, 2.24) is 35.8 Å². The minimum absolute atomic E-state index is 0.00558. The van der Waals surface area contributed by atoms with Crippen LogP contribution in [0, 0.1) is 5.92 Å². The number of fused-ring (bicyclic) bond motifs is 1. The molecule has 0 saturated carbocycles. The number of carbonyl (C=O) groups excluding carboxylic acids is 7. The number of nitrogens with one attached hydrogen (secondary N) is 6. The van der Waals surface area contributed by atoms with E-state index in [4.69, 9.17) is 0 Å². The Labute approximate surface area is 383 Å². The third-order valence-corrected chi connectivity index (χ3v) is 14.5. The van der Waals surface area contributed by atoms with E-state index in [1.807, 2.05) is 36.4 Å². The van der Waals surface area contributed by atoms with Gasteiger partial charge in [0.25, 0.3) is 11.8 Å². The summed E-state index contributed by atoms with van der Waals surface area (Å²) >= 11 is 1.57. The number of thioether (sulfide) groups is 1. The van der Waals surface area contributed by atoms with Gasteiger partial charge in [-0.1, -0.05) is 62.1 Å². The average molecular weight is 929 g/mol. The lowest BCUT2D eigenvalue weighted by Gasteiger charge is -2.27. The van der Waals surface area contributed by atoms with E-state index >= 15 is 0 Å². The van der Waals surface area contributed by atoms with Gasteiger partial charge >= 0.3 is 0 Å². The second-order valence-corrected chi connectivity index (χ2v) is 20.1. The molecule has 4 atom stereocenters. The van der Waals surface area contributed by atoms with E-state index in [9.17, 15) is 42.0 Å². The molecule has 65 heavy (non-hydrogen) atoms. The highest BCUT2D eigenvalue weighted by Gasteiger charge is 2.44. The fourth-order valence-electron chi connectivity index (χ4n) is 8.52. The SMILES string of the molecule is CS(=O)(=O)N1CCC(C(=O)NCC(=O)NC2NC(c3cccc(-c4cccc(CNC(=O)CCCCCCCCNc5ccc6c(c5)C(=O)N(C5CCC(=O)NC5=O)C6=O)c4)c3)CS2)C1. The predicted molar refractivity (Wildman–Crippen MR) is 245 cm³/mol. The van der Waals surface area contributed by atoms with Crippen LogP contribution < -0.4 is 31.9 Å². The van der Waals surface area contributed by atoms with Gasteiger partial charge in [-0.2, -0.15) is 0 Å². The molecule has 4 unspecified atom stereocenters. The van der Waals surface area contributed by atoms with Gasteiger partial charge in [0.15, 0.2) is 0 Å². The van der Waals surface area contributed by atoms with E-state index in [2.05, 4.69) is 44.0 Å². The number of piperidine rings is 1. The standard InChI is InChI=1S/C46H56N8O9S2/c1-65(62,63)53-21-19-33(27-53)42(58)49-26-41(57)52-46-50-37(28-64-46)32-13-9-12-31(23-32)30-11-8-10-29(22-30)25-48-39(55)14-6-4-2-3-5-7-20-47-34-15-16-35-36(24-34)45(61)54(44(35)60)38-17-18-40(56)51-43(38)59/h8-13,15-16,22-24,33,37-38,46-47,50H,2-7,14,17-21,25-28H2,1H3,(H,48,55)(H,49,58)(H,52,57)(H,51,56,59). The molecular formula is C46H56N8O9S2. The van der Waals surface area contributed by atoms with Crippen molar-refractivity contribution >= 4 is 68.8 Å². The molecule has 0 spiro atoms. The molecule has 0 bridgehead atoms. The molecule has 4 aliphatic rings. The number of benzene rings is 3. The molecule has 6 N–H and O–H groups in total. The molecule has 4 heterocycles. The maximum Gasteiger partial charge on any atom is 0.262 e. The van der Waals surface area contributed by atoms with Gasteiger partial charge in [-0.25, -0.2) is 12.7 Å². The Balaban J connectivity index is 0.752. The molecule has 3 aromatic rings. The zero-order chi connectivity index (χ0) is 46.1. The van der Waals surface area contributed by atoms with Crippen LogP contribution in [0.1, 0.15) is 102 Å². The largest absolute Gasteiger partial charge is 0.385 e. The van der Waals surface area contributed by atoms with Gasteiger partial charge in [0.2, 0.25) is 39.6 Å². The third kappa shape index (κ3) is 12.4. The minimum atomic E-state index is -3.36. The van der Waals surface area contributed by atoms with Gasteiger partial charge in [-0.3, -0.25) is 49.1 Å². The first-order valence-corrected chi connectivity index (χ1v) is 25.1. The predicted octanol–water partition coefficient (Wildman–Crippen LogP) is 3.39. The molecule has 0 aromatic heterocycles. The zero-order valence-electron chi connectivity index (χ0n) is 36.4. The fourth-order valence-corrected chi connectivity index (χ4v) is 10.6. The fraction of sp³-hybridized carbons (Fsp3) is 0.457. The Hall–Kier alpha value is -5.63. The number of anilines is 1. The highest BCUT2D eigenvalue weighted by atomic mass is 32.2. The smallest absolute Gasteiger partial charge is 0.262 e. The van der Waals surface area contributed by atoms with Crippen LogP contribution in [0.4, 0.5) is 5.69 Å². The number of rotatable bonds is 20. The number of sulfonamides is 1. The molecule has 346 valence electrons. The van der Waals surface area contributed by atoms with Crippen molar-refractivity contribution in [1.29, 1.82) is 0 Å². The molecule has 3 saturated heterocycles. The molecule has 0 radical (unpaired) electrons. The quantitative estimate of drug-likeness (QED) is 0.0708. The van der Waals surface area contributed by atoms with E-state index in [1.165, 1.54) is 4.31 Å². The molecule has 7 amide bonds. The van der Waals surface area contributed by atoms with Crippen LogP contribution in [0.3, 0.4) is 0 Å². The summed E-state index contributed by atoms with van der Waals surface area (Å²) in [5, 5.41) is 17.6. The second kappa shape index (κ2) is 21.6. The Bertz CT molecular complexity index is 2430. The Morgan fingerprint density at radius 3 is 2.32 bits per heavy atom. The first kappa shape index (κ1) is 47.3. The summed E-state index contributed by atoms with van der Waals surface area (Å²) in [4.78, 5) is 88.7. The van der Waals surface area contributed by atoms with E-state index < -0.39 is 45.6 Å². The lowest BCUT2D eigenvalue weighted by Crippen LogP contribution is -2.54. The van der Waals surface area contributed by atoms with Crippen LogP contribution in [-0.4, -0.2) is 109 Å². The average Bonchev–Trinajstić information content (AvgIpc) is 4.04. The third-order valence-electron chi connectivity index (χ3n) is 12.1. The molecule has 4 aliphatic heterocycles. The Morgan fingerprint density at radius 1 is 0.815 bits per heavy atom. The monoisotopic (exact) mass is 928 g/mol. The number of hydrogen-bond acceptors (Lipinski definition) is 12. The zero-order valence-corrected chi connectivity index (χ0v) is 38.0. The molecular weight excluding hydrogens is 873 g/mol. The molecule has 3 fully saturated rings. The number of imide groups is 2. The van der Waals surface area contributed by atoms with Crippen molar-refractivity contribution in [2.45, 2.75) is 88.3 Å². The van der Waals surface area contributed by atoms with Crippen LogP contribution in [0.25, 0.3) is 11.1 Å². The van der Waals surface area contributed by atoms with Crippen LogP contribution in [0.5, 0.6) is 0 Å². The lowest BCUT2D eigenvalue weighted by atomic mass is 9.98. The van der Waals surface area contributed by atoms with Crippen molar-refractivity contribution < 1.29 is 42.0 Å². The van der Waals surface area contributed by atoms with E-state index in [1.54, 1.807) is 30.0 Å². The van der Waals surface area contributed by atoms with Gasteiger partial charge in [0, 0.05) is 56.5 Å². The molecule has 7 rings (SSSR count). The van der Waals surface area contributed by atoms with Gasteiger partial charge < -0.3 is 21.3 Å².